The maximum Gasteiger partial charge on any atom is 0.269 e. The molecular weight excluding hydrogens is 422 g/mol. The van der Waals surface area contributed by atoms with E-state index in [9.17, 15) is 14.9 Å². The summed E-state index contributed by atoms with van der Waals surface area (Å²) in [5, 5.41) is 12.1. The van der Waals surface area contributed by atoms with Gasteiger partial charge in [-0.15, -0.1) is 0 Å². The summed E-state index contributed by atoms with van der Waals surface area (Å²) in [6.07, 6.45) is 5.30. The molecule has 1 saturated carbocycles. The average molecular weight is 444 g/mol. The summed E-state index contributed by atoms with van der Waals surface area (Å²) in [5.41, 5.74) is 1.47. The Labute approximate surface area is 184 Å². The molecular formula is C22H22ClN3O3S. The first-order valence-corrected chi connectivity index (χ1v) is 11.4. The quantitative estimate of drug-likeness (QED) is 0.437. The van der Waals surface area contributed by atoms with Crippen LogP contribution in [0.5, 0.6) is 0 Å². The number of benzene rings is 2. The highest BCUT2D eigenvalue weighted by atomic mass is 35.5. The standard InChI is InChI=1S/C22H22ClN3O3S/c23-19-9-5-4-8-18(19)21(27)25(16-6-2-1-3-7-16)22-24-20(14-30-22)15-10-12-17(13-11-15)26(28)29/h4-5,8-13,16,20H,1-3,6-7,14H2. The number of nitro benzene ring substituents is 1. The van der Waals surface area contributed by atoms with Gasteiger partial charge in [-0.25, -0.2) is 0 Å². The van der Waals surface area contributed by atoms with E-state index in [4.69, 9.17) is 16.6 Å². The largest absolute Gasteiger partial charge is 0.284 e. The smallest absolute Gasteiger partial charge is 0.269 e. The first kappa shape index (κ1) is 20.9. The van der Waals surface area contributed by atoms with Crippen LogP contribution in [0.2, 0.25) is 5.02 Å². The van der Waals surface area contributed by atoms with Gasteiger partial charge >= 0.3 is 0 Å². The number of halogens is 1. The van der Waals surface area contributed by atoms with E-state index in [1.807, 2.05) is 17.0 Å². The van der Waals surface area contributed by atoms with Crippen LogP contribution in [0.4, 0.5) is 5.69 Å². The Morgan fingerprint density at radius 3 is 2.47 bits per heavy atom. The Balaban J connectivity index is 1.63. The van der Waals surface area contributed by atoms with E-state index in [0.29, 0.717) is 16.3 Å². The van der Waals surface area contributed by atoms with E-state index in [0.717, 1.165) is 36.4 Å². The summed E-state index contributed by atoms with van der Waals surface area (Å²) in [5.74, 6) is 0.592. The summed E-state index contributed by atoms with van der Waals surface area (Å²) >= 11 is 7.89. The number of nitrogens with zero attached hydrogens (tertiary/aromatic N) is 3. The molecule has 0 radical (unpaired) electrons. The maximum absolute atomic E-state index is 13.5. The molecule has 1 heterocycles. The van der Waals surface area contributed by atoms with Crippen LogP contribution in [0.25, 0.3) is 0 Å². The van der Waals surface area contributed by atoms with Crippen LogP contribution in [0.1, 0.15) is 54.1 Å². The number of hydrogen-bond acceptors (Lipinski definition) is 5. The van der Waals surface area contributed by atoms with Crippen molar-refractivity contribution < 1.29 is 9.72 Å². The molecule has 0 N–H and O–H groups in total. The summed E-state index contributed by atoms with van der Waals surface area (Å²) in [6.45, 7) is 0. The Bertz CT molecular complexity index is 974. The summed E-state index contributed by atoms with van der Waals surface area (Å²) in [6, 6.07) is 13.6. The number of amidine groups is 1. The highest BCUT2D eigenvalue weighted by Gasteiger charge is 2.34. The van der Waals surface area contributed by atoms with Crippen molar-refractivity contribution in [2.75, 3.05) is 5.75 Å². The number of carbonyl (C=O) groups excluding carboxylic acids is 1. The third-order valence-corrected chi connectivity index (χ3v) is 6.97. The molecule has 1 aliphatic carbocycles. The predicted molar refractivity (Wildman–Crippen MR) is 120 cm³/mol. The van der Waals surface area contributed by atoms with Gasteiger partial charge in [0.25, 0.3) is 11.6 Å². The van der Waals surface area contributed by atoms with E-state index in [1.165, 1.54) is 18.6 Å². The van der Waals surface area contributed by atoms with Gasteiger partial charge in [-0.3, -0.25) is 24.8 Å². The molecule has 1 atom stereocenters. The van der Waals surface area contributed by atoms with Crippen molar-refractivity contribution in [1.29, 1.82) is 0 Å². The van der Waals surface area contributed by atoms with Crippen molar-refractivity contribution in [3.05, 3.63) is 74.8 Å². The maximum atomic E-state index is 13.5. The molecule has 2 aromatic rings. The number of aliphatic imine (C=N–C) groups is 1. The van der Waals surface area contributed by atoms with Crippen molar-refractivity contribution in [3.8, 4) is 0 Å². The lowest BCUT2D eigenvalue weighted by molar-refractivity contribution is -0.384. The van der Waals surface area contributed by atoms with E-state index in [-0.39, 0.29) is 23.7 Å². The molecule has 8 heteroatoms. The number of non-ortho nitro benzene ring substituents is 1. The molecule has 1 aliphatic heterocycles. The van der Waals surface area contributed by atoms with Gasteiger partial charge in [0, 0.05) is 23.9 Å². The van der Waals surface area contributed by atoms with Gasteiger partial charge in [0.05, 0.1) is 21.6 Å². The Hall–Kier alpha value is -2.38. The SMILES string of the molecule is O=C(c1ccccc1Cl)N(C1=NC(c2ccc([N+](=O)[O-])cc2)CS1)C1CCCCC1. The van der Waals surface area contributed by atoms with Crippen LogP contribution >= 0.6 is 23.4 Å². The second-order valence-electron chi connectivity index (χ2n) is 7.53. The molecule has 2 aromatic carbocycles. The van der Waals surface area contributed by atoms with Crippen LogP contribution in [-0.2, 0) is 0 Å². The Morgan fingerprint density at radius 1 is 1.10 bits per heavy atom. The Morgan fingerprint density at radius 2 is 1.80 bits per heavy atom. The van der Waals surface area contributed by atoms with Gasteiger partial charge in [0.2, 0.25) is 0 Å². The summed E-state index contributed by atoms with van der Waals surface area (Å²) < 4.78 is 0. The number of rotatable bonds is 4. The number of thioether (sulfide) groups is 1. The predicted octanol–water partition coefficient (Wildman–Crippen LogP) is 5.87. The van der Waals surface area contributed by atoms with Crippen LogP contribution in [0, 0.1) is 10.1 Å². The van der Waals surface area contributed by atoms with Gasteiger partial charge < -0.3 is 0 Å². The number of nitro groups is 1. The van der Waals surface area contributed by atoms with E-state index >= 15 is 0 Å². The highest BCUT2D eigenvalue weighted by molar-refractivity contribution is 8.14. The number of amides is 1. The summed E-state index contributed by atoms with van der Waals surface area (Å²) in [7, 11) is 0. The van der Waals surface area contributed by atoms with Crippen molar-refractivity contribution in [3.63, 3.8) is 0 Å². The van der Waals surface area contributed by atoms with Crippen molar-refractivity contribution in [1.82, 2.24) is 4.90 Å². The molecule has 0 bridgehead atoms. The number of carbonyl (C=O) groups is 1. The molecule has 0 aromatic heterocycles. The first-order valence-electron chi connectivity index (χ1n) is 10.1. The molecule has 156 valence electrons. The summed E-state index contributed by atoms with van der Waals surface area (Å²) in [4.78, 5) is 30.7. The van der Waals surface area contributed by atoms with Gasteiger partial charge in [0.1, 0.15) is 0 Å². The molecule has 4 rings (SSSR count). The molecule has 2 aliphatic rings. The lowest BCUT2D eigenvalue weighted by Crippen LogP contribution is -2.44. The van der Waals surface area contributed by atoms with E-state index in [2.05, 4.69) is 0 Å². The molecule has 1 fully saturated rings. The molecule has 30 heavy (non-hydrogen) atoms. The monoisotopic (exact) mass is 443 g/mol. The van der Waals surface area contributed by atoms with E-state index < -0.39 is 4.92 Å². The molecule has 0 saturated heterocycles. The van der Waals surface area contributed by atoms with Gasteiger partial charge in [-0.2, -0.15) is 0 Å². The molecule has 0 spiro atoms. The minimum Gasteiger partial charge on any atom is -0.284 e. The minimum absolute atomic E-state index is 0.0614. The van der Waals surface area contributed by atoms with Crippen molar-refractivity contribution in [2.45, 2.75) is 44.2 Å². The van der Waals surface area contributed by atoms with Gasteiger partial charge in [-0.05, 0) is 30.5 Å². The van der Waals surface area contributed by atoms with Crippen LogP contribution < -0.4 is 0 Å². The third-order valence-electron chi connectivity index (χ3n) is 5.59. The molecule has 6 nitrogen and oxygen atoms in total. The fraction of sp³-hybridized carbons (Fsp3) is 0.364. The zero-order valence-corrected chi connectivity index (χ0v) is 17.9. The Kier molecular flexibility index (Phi) is 6.39. The van der Waals surface area contributed by atoms with Gasteiger partial charge in [-0.1, -0.05) is 66.9 Å². The average Bonchev–Trinajstić information content (AvgIpc) is 3.24. The van der Waals surface area contributed by atoms with Crippen LogP contribution in [-0.4, -0.2) is 32.7 Å². The highest BCUT2D eigenvalue weighted by Crippen LogP contribution is 2.36. The first-order chi connectivity index (χ1) is 14.5. The normalized spacial score (nSPS) is 19.4. The van der Waals surface area contributed by atoms with Crippen LogP contribution in [0.15, 0.2) is 53.5 Å². The fourth-order valence-corrected chi connectivity index (χ4v) is 5.36. The molecule has 1 unspecified atom stereocenters. The zero-order chi connectivity index (χ0) is 21.1. The van der Waals surface area contributed by atoms with Gasteiger partial charge in [0.15, 0.2) is 5.17 Å². The van der Waals surface area contributed by atoms with Crippen molar-refractivity contribution >= 4 is 40.1 Å². The lowest BCUT2D eigenvalue weighted by Gasteiger charge is -2.34. The molecule has 1 amide bonds. The minimum atomic E-state index is -0.408. The lowest BCUT2D eigenvalue weighted by atomic mass is 9.94. The zero-order valence-electron chi connectivity index (χ0n) is 16.4. The second-order valence-corrected chi connectivity index (χ2v) is 8.93. The van der Waals surface area contributed by atoms with E-state index in [1.54, 1.807) is 36.0 Å². The second kappa shape index (κ2) is 9.18. The topological polar surface area (TPSA) is 75.8 Å². The third kappa shape index (κ3) is 4.37. The van der Waals surface area contributed by atoms with Crippen LogP contribution in [0.3, 0.4) is 0 Å². The fourth-order valence-electron chi connectivity index (χ4n) is 3.99. The number of hydrogen-bond donors (Lipinski definition) is 0. The van der Waals surface area contributed by atoms with Crippen molar-refractivity contribution in [2.24, 2.45) is 4.99 Å².